The van der Waals surface area contributed by atoms with Gasteiger partial charge in [0.2, 0.25) is 0 Å². The molecule has 1 unspecified atom stereocenters. The quantitative estimate of drug-likeness (QED) is 0.898. The summed E-state index contributed by atoms with van der Waals surface area (Å²) in [6, 6.07) is 5.21. The van der Waals surface area contributed by atoms with E-state index in [1.54, 1.807) is 17.8 Å². The van der Waals surface area contributed by atoms with Gasteiger partial charge in [-0.25, -0.2) is 4.39 Å². The Hall–Kier alpha value is -0.0600. The van der Waals surface area contributed by atoms with Gasteiger partial charge in [-0.1, -0.05) is 22.9 Å². The number of hydrogen-bond donors (Lipinski definition) is 1. The van der Waals surface area contributed by atoms with Crippen molar-refractivity contribution in [2.75, 3.05) is 5.75 Å². The van der Waals surface area contributed by atoms with Crippen molar-refractivity contribution in [1.29, 1.82) is 0 Å². The Morgan fingerprint density at radius 3 is 2.80 bits per heavy atom. The molecule has 0 aliphatic rings. The molecule has 84 valence electrons. The lowest BCUT2D eigenvalue weighted by molar-refractivity contribution is 0.625. The Morgan fingerprint density at radius 2 is 2.20 bits per heavy atom. The van der Waals surface area contributed by atoms with E-state index in [4.69, 9.17) is 5.73 Å². The third-order valence-corrected chi connectivity index (χ3v) is 3.71. The maximum atomic E-state index is 13.0. The molecule has 0 spiro atoms. The lowest BCUT2D eigenvalue weighted by Crippen LogP contribution is -2.21. The minimum atomic E-state index is -0.195. The van der Waals surface area contributed by atoms with Crippen LogP contribution in [-0.2, 0) is 5.75 Å². The smallest absolute Gasteiger partial charge is 0.124 e. The van der Waals surface area contributed by atoms with E-state index >= 15 is 0 Å². The van der Waals surface area contributed by atoms with Crippen LogP contribution in [0.2, 0.25) is 0 Å². The fourth-order valence-electron chi connectivity index (χ4n) is 1.14. The molecular formula is C11H15BrFNS. The van der Waals surface area contributed by atoms with Gasteiger partial charge < -0.3 is 5.73 Å². The van der Waals surface area contributed by atoms with Gasteiger partial charge in [0.15, 0.2) is 0 Å². The summed E-state index contributed by atoms with van der Waals surface area (Å²) in [5.74, 6) is 1.54. The molecule has 0 radical (unpaired) electrons. The normalized spacial score (nSPS) is 12.8. The second-order valence-electron chi connectivity index (χ2n) is 3.46. The van der Waals surface area contributed by atoms with Gasteiger partial charge in [-0.15, -0.1) is 0 Å². The van der Waals surface area contributed by atoms with E-state index < -0.39 is 0 Å². The summed E-state index contributed by atoms with van der Waals surface area (Å²) < 4.78 is 13.8. The summed E-state index contributed by atoms with van der Waals surface area (Å²) >= 11 is 5.02. The van der Waals surface area contributed by atoms with Crippen molar-refractivity contribution in [3.8, 4) is 0 Å². The van der Waals surface area contributed by atoms with Crippen LogP contribution in [0.5, 0.6) is 0 Å². The molecule has 1 rings (SSSR count). The highest BCUT2D eigenvalue weighted by atomic mass is 79.9. The Labute approximate surface area is 103 Å². The zero-order valence-corrected chi connectivity index (χ0v) is 11.1. The molecule has 4 heteroatoms. The average molecular weight is 292 g/mol. The molecule has 1 aromatic carbocycles. The first-order valence-corrected chi connectivity index (χ1v) is 6.85. The standard InChI is InChI=1S/C11H15BrFNS/c1-2-11(14)7-15-6-8-3-9(12)5-10(13)4-8/h3-5,11H,2,6-7,14H2,1H3. The van der Waals surface area contributed by atoms with Crippen LogP contribution in [0.15, 0.2) is 22.7 Å². The third-order valence-electron chi connectivity index (χ3n) is 2.05. The van der Waals surface area contributed by atoms with E-state index in [1.807, 2.05) is 6.07 Å². The van der Waals surface area contributed by atoms with Gasteiger partial charge in [-0.05, 0) is 30.2 Å². The van der Waals surface area contributed by atoms with E-state index in [0.29, 0.717) is 0 Å². The number of hydrogen-bond acceptors (Lipinski definition) is 2. The van der Waals surface area contributed by atoms with E-state index in [9.17, 15) is 4.39 Å². The van der Waals surface area contributed by atoms with Crippen LogP contribution in [0, 0.1) is 5.82 Å². The van der Waals surface area contributed by atoms with Crippen LogP contribution in [0.25, 0.3) is 0 Å². The average Bonchev–Trinajstić information content (AvgIpc) is 2.16. The number of nitrogens with two attached hydrogens (primary N) is 1. The second kappa shape index (κ2) is 6.51. The van der Waals surface area contributed by atoms with Crippen LogP contribution >= 0.6 is 27.7 Å². The number of halogens is 2. The molecule has 0 saturated carbocycles. The lowest BCUT2D eigenvalue weighted by atomic mass is 10.2. The molecule has 0 bridgehead atoms. The Kier molecular flexibility index (Phi) is 5.64. The summed E-state index contributed by atoms with van der Waals surface area (Å²) in [4.78, 5) is 0. The molecular weight excluding hydrogens is 277 g/mol. The monoisotopic (exact) mass is 291 g/mol. The Balaban J connectivity index is 2.43. The lowest BCUT2D eigenvalue weighted by Gasteiger charge is -2.08. The zero-order chi connectivity index (χ0) is 11.3. The van der Waals surface area contributed by atoms with Crippen LogP contribution < -0.4 is 5.73 Å². The zero-order valence-electron chi connectivity index (χ0n) is 8.67. The first-order chi connectivity index (χ1) is 7.11. The molecule has 0 heterocycles. The van der Waals surface area contributed by atoms with Crippen molar-refractivity contribution in [2.45, 2.75) is 25.1 Å². The molecule has 1 atom stereocenters. The Morgan fingerprint density at radius 1 is 1.47 bits per heavy atom. The summed E-state index contributed by atoms with van der Waals surface area (Å²) in [5.41, 5.74) is 6.79. The van der Waals surface area contributed by atoms with E-state index in [0.717, 1.165) is 28.0 Å². The highest BCUT2D eigenvalue weighted by molar-refractivity contribution is 9.10. The summed E-state index contributed by atoms with van der Waals surface area (Å²) in [5, 5.41) is 0. The summed E-state index contributed by atoms with van der Waals surface area (Å²) in [7, 11) is 0. The predicted molar refractivity (Wildman–Crippen MR) is 68.5 cm³/mol. The fourth-order valence-corrected chi connectivity index (χ4v) is 2.71. The SMILES string of the molecule is CCC(N)CSCc1cc(F)cc(Br)c1. The molecule has 0 fully saturated rings. The van der Waals surface area contributed by atoms with Gasteiger partial charge >= 0.3 is 0 Å². The topological polar surface area (TPSA) is 26.0 Å². The molecule has 15 heavy (non-hydrogen) atoms. The van der Waals surface area contributed by atoms with Gasteiger partial charge in [-0.2, -0.15) is 11.8 Å². The molecule has 0 aromatic heterocycles. The van der Waals surface area contributed by atoms with Gasteiger partial charge in [0.1, 0.15) is 5.82 Å². The molecule has 0 saturated heterocycles. The number of rotatable bonds is 5. The van der Waals surface area contributed by atoms with Crippen LogP contribution in [0.4, 0.5) is 4.39 Å². The largest absolute Gasteiger partial charge is 0.327 e. The van der Waals surface area contributed by atoms with Crippen molar-refractivity contribution in [2.24, 2.45) is 5.73 Å². The molecule has 0 amide bonds. The van der Waals surface area contributed by atoms with Crippen LogP contribution in [0.1, 0.15) is 18.9 Å². The van der Waals surface area contributed by atoms with Crippen molar-refractivity contribution in [3.05, 3.63) is 34.1 Å². The van der Waals surface area contributed by atoms with Crippen molar-refractivity contribution in [3.63, 3.8) is 0 Å². The van der Waals surface area contributed by atoms with Gasteiger partial charge in [0, 0.05) is 22.0 Å². The van der Waals surface area contributed by atoms with Crippen LogP contribution in [0.3, 0.4) is 0 Å². The van der Waals surface area contributed by atoms with Crippen molar-refractivity contribution in [1.82, 2.24) is 0 Å². The van der Waals surface area contributed by atoms with E-state index in [-0.39, 0.29) is 11.9 Å². The van der Waals surface area contributed by atoms with Crippen molar-refractivity contribution < 1.29 is 4.39 Å². The molecule has 1 nitrogen and oxygen atoms in total. The van der Waals surface area contributed by atoms with Gasteiger partial charge in [0.25, 0.3) is 0 Å². The first-order valence-electron chi connectivity index (χ1n) is 4.90. The maximum Gasteiger partial charge on any atom is 0.124 e. The molecule has 0 aliphatic carbocycles. The number of benzene rings is 1. The Bertz CT molecular complexity index is 299. The minimum Gasteiger partial charge on any atom is -0.327 e. The number of thioether (sulfide) groups is 1. The predicted octanol–water partition coefficient (Wildman–Crippen LogP) is 3.56. The highest BCUT2D eigenvalue weighted by Crippen LogP contribution is 2.19. The summed E-state index contributed by atoms with van der Waals surface area (Å²) in [6.07, 6.45) is 0.986. The minimum absolute atomic E-state index is 0.195. The van der Waals surface area contributed by atoms with Gasteiger partial charge in [-0.3, -0.25) is 0 Å². The summed E-state index contributed by atoms with van der Waals surface area (Å²) in [6.45, 7) is 2.07. The van der Waals surface area contributed by atoms with E-state index in [2.05, 4.69) is 22.9 Å². The second-order valence-corrected chi connectivity index (χ2v) is 5.41. The molecule has 2 N–H and O–H groups in total. The first kappa shape index (κ1) is 13.0. The third kappa shape index (κ3) is 5.00. The highest BCUT2D eigenvalue weighted by Gasteiger charge is 2.02. The van der Waals surface area contributed by atoms with Gasteiger partial charge in [0.05, 0.1) is 0 Å². The molecule has 1 aromatic rings. The van der Waals surface area contributed by atoms with Crippen LogP contribution in [-0.4, -0.2) is 11.8 Å². The van der Waals surface area contributed by atoms with E-state index in [1.165, 1.54) is 6.07 Å². The fraction of sp³-hybridized carbons (Fsp3) is 0.455. The van der Waals surface area contributed by atoms with Crippen molar-refractivity contribution >= 4 is 27.7 Å². The molecule has 0 aliphatic heterocycles. The maximum absolute atomic E-state index is 13.0.